The molecule has 1 atom stereocenters. The fraction of sp³-hybridized carbons (Fsp3) is 0.579. The maximum Gasteiger partial charge on any atom is 0.322 e. The van der Waals surface area contributed by atoms with Crippen molar-refractivity contribution >= 4 is 17.9 Å². The number of hydrogen-bond donors (Lipinski definition) is 3. The van der Waals surface area contributed by atoms with Gasteiger partial charge in [-0.2, -0.15) is 0 Å². The SMILES string of the molecule is CCNC(=NCCc1ccncc1)N1CCC(C2(C)NC(=O)NC2=O)CC1. The number of rotatable bonds is 5. The Bertz CT molecular complexity index is 699. The first-order valence-corrected chi connectivity index (χ1v) is 9.58. The van der Waals surface area contributed by atoms with E-state index in [0.29, 0.717) is 6.54 Å². The number of amides is 3. The van der Waals surface area contributed by atoms with Crippen molar-refractivity contribution in [3.8, 4) is 0 Å². The number of urea groups is 1. The second-order valence-corrected chi connectivity index (χ2v) is 7.21. The molecule has 3 heterocycles. The van der Waals surface area contributed by atoms with Crippen molar-refractivity contribution in [2.45, 2.75) is 38.6 Å². The zero-order chi connectivity index (χ0) is 19.3. The first-order chi connectivity index (χ1) is 13.0. The van der Waals surface area contributed by atoms with Crippen LogP contribution in [0.5, 0.6) is 0 Å². The van der Waals surface area contributed by atoms with Crippen LogP contribution < -0.4 is 16.0 Å². The monoisotopic (exact) mass is 372 g/mol. The Labute approximate surface area is 159 Å². The lowest BCUT2D eigenvalue weighted by Gasteiger charge is -2.39. The highest BCUT2D eigenvalue weighted by Crippen LogP contribution is 2.30. The summed E-state index contributed by atoms with van der Waals surface area (Å²) in [4.78, 5) is 34.7. The van der Waals surface area contributed by atoms with Gasteiger partial charge in [0.25, 0.3) is 5.91 Å². The molecule has 3 N–H and O–H groups in total. The molecule has 8 nitrogen and oxygen atoms in total. The first-order valence-electron chi connectivity index (χ1n) is 9.58. The van der Waals surface area contributed by atoms with Crippen LogP contribution in [0.4, 0.5) is 4.79 Å². The Balaban J connectivity index is 1.57. The van der Waals surface area contributed by atoms with Gasteiger partial charge in [0.05, 0.1) is 0 Å². The topological polar surface area (TPSA) is 98.7 Å². The molecule has 2 aliphatic rings. The number of guanidine groups is 1. The largest absolute Gasteiger partial charge is 0.357 e. The maximum atomic E-state index is 12.2. The average molecular weight is 372 g/mol. The predicted octanol–water partition coefficient (Wildman–Crippen LogP) is 0.900. The van der Waals surface area contributed by atoms with Crippen LogP contribution >= 0.6 is 0 Å². The molecule has 8 heteroatoms. The number of carbonyl (C=O) groups excluding carboxylic acids is 2. The lowest BCUT2D eigenvalue weighted by Crippen LogP contribution is -2.55. The third-order valence-corrected chi connectivity index (χ3v) is 5.43. The second kappa shape index (κ2) is 8.37. The van der Waals surface area contributed by atoms with Gasteiger partial charge in [-0.3, -0.25) is 20.1 Å². The summed E-state index contributed by atoms with van der Waals surface area (Å²) in [6, 6.07) is 3.63. The Morgan fingerprint density at radius 1 is 1.33 bits per heavy atom. The minimum absolute atomic E-state index is 0.125. The van der Waals surface area contributed by atoms with E-state index in [9.17, 15) is 9.59 Å². The van der Waals surface area contributed by atoms with Gasteiger partial charge < -0.3 is 15.5 Å². The molecule has 27 heavy (non-hydrogen) atoms. The van der Waals surface area contributed by atoms with Crippen LogP contribution in [0.2, 0.25) is 0 Å². The molecule has 0 radical (unpaired) electrons. The summed E-state index contributed by atoms with van der Waals surface area (Å²) in [5.41, 5.74) is 0.416. The molecule has 2 fully saturated rings. The van der Waals surface area contributed by atoms with Crippen molar-refractivity contribution in [2.24, 2.45) is 10.9 Å². The Kier molecular flexibility index (Phi) is 5.93. The number of pyridine rings is 1. The highest BCUT2D eigenvalue weighted by Gasteiger charge is 2.48. The molecule has 3 rings (SSSR count). The molecule has 1 unspecified atom stereocenters. The van der Waals surface area contributed by atoms with E-state index in [1.165, 1.54) is 5.56 Å². The Morgan fingerprint density at radius 2 is 2.04 bits per heavy atom. The van der Waals surface area contributed by atoms with Gasteiger partial charge in [0.15, 0.2) is 5.96 Å². The van der Waals surface area contributed by atoms with Gasteiger partial charge in [-0.25, -0.2) is 4.79 Å². The number of nitrogens with zero attached hydrogens (tertiary/aromatic N) is 3. The maximum absolute atomic E-state index is 12.2. The summed E-state index contributed by atoms with van der Waals surface area (Å²) in [5, 5.41) is 8.52. The molecular formula is C19H28N6O2. The molecule has 0 aliphatic carbocycles. The fourth-order valence-electron chi connectivity index (χ4n) is 3.78. The molecule has 0 bridgehead atoms. The summed E-state index contributed by atoms with van der Waals surface area (Å²) < 4.78 is 0. The van der Waals surface area contributed by atoms with Gasteiger partial charge in [0.1, 0.15) is 5.54 Å². The lowest BCUT2D eigenvalue weighted by molar-refractivity contribution is -0.125. The van der Waals surface area contributed by atoms with Crippen molar-refractivity contribution in [1.82, 2.24) is 25.8 Å². The third-order valence-electron chi connectivity index (χ3n) is 5.43. The zero-order valence-electron chi connectivity index (χ0n) is 16.0. The number of aromatic nitrogens is 1. The van der Waals surface area contributed by atoms with E-state index in [-0.39, 0.29) is 11.8 Å². The van der Waals surface area contributed by atoms with E-state index in [4.69, 9.17) is 4.99 Å². The van der Waals surface area contributed by atoms with E-state index < -0.39 is 11.6 Å². The van der Waals surface area contributed by atoms with Crippen molar-refractivity contribution in [3.63, 3.8) is 0 Å². The van der Waals surface area contributed by atoms with Crippen molar-refractivity contribution in [3.05, 3.63) is 30.1 Å². The standard InChI is InChI=1S/C19H28N6O2/c1-3-21-17(22-11-6-14-4-9-20-10-5-14)25-12-7-15(8-13-25)19(2)16(26)23-18(27)24-19/h4-5,9-10,15H,3,6-8,11-13H2,1-2H3,(H,21,22)(H2,23,24,26,27). The van der Waals surface area contributed by atoms with E-state index in [1.807, 2.05) is 19.1 Å². The number of aliphatic imine (C=N–C) groups is 1. The number of piperidine rings is 1. The van der Waals surface area contributed by atoms with Crippen LogP contribution in [0.15, 0.2) is 29.5 Å². The molecule has 0 spiro atoms. The molecule has 2 saturated heterocycles. The van der Waals surface area contributed by atoms with Crippen LogP contribution in [0.3, 0.4) is 0 Å². The van der Waals surface area contributed by atoms with Crippen molar-refractivity contribution in [1.29, 1.82) is 0 Å². The van der Waals surface area contributed by atoms with Gasteiger partial charge in [-0.1, -0.05) is 0 Å². The smallest absolute Gasteiger partial charge is 0.322 e. The van der Waals surface area contributed by atoms with Gasteiger partial charge in [-0.15, -0.1) is 0 Å². The van der Waals surface area contributed by atoms with E-state index in [0.717, 1.165) is 44.9 Å². The number of hydrogen-bond acceptors (Lipinski definition) is 4. The predicted molar refractivity (Wildman–Crippen MR) is 103 cm³/mol. The highest BCUT2D eigenvalue weighted by atomic mass is 16.2. The molecule has 1 aromatic heterocycles. The average Bonchev–Trinajstić information content (AvgIpc) is 2.95. The van der Waals surface area contributed by atoms with Gasteiger partial charge in [0, 0.05) is 38.6 Å². The normalized spacial score (nSPS) is 23.9. The number of nitrogens with one attached hydrogen (secondary N) is 3. The molecule has 1 aromatic rings. The Hall–Kier alpha value is -2.64. The molecule has 0 aromatic carbocycles. The van der Waals surface area contributed by atoms with E-state index >= 15 is 0 Å². The first kappa shape index (κ1) is 19.1. The number of likely N-dealkylation sites (tertiary alicyclic amines) is 1. The summed E-state index contributed by atoms with van der Waals surface area (Å²) in [6.45, 7) is 7.02. The van der Waals surface area contributed by atoms with Crippen LogP contribution in [0.25, 0.3) is 0 Å². The minimum atomic E-state index is -0.806. The fourth-order valence-corrected chi connectivity index (χ4v) is 3.78. The Morgan fingerprint density at radius 3 is 2.63 bits per heavy atom. The zero-order valence-corrected chi connectivity index (χ0v) is 16.0. The molecule has 2 aliphatic heterocycles. The van der Waals surface area contributed by atoms with Gasteiger partial charge in [0.2, 0.25) is 0 Å². The van der Waals surface area contributed by atoms with Crippen molar-refractivity contribution in [2.75, 3.05) is 26.2 Å². The summed E-state index contributed by atoms with van der Waals surface area (Å²) in [6.07, 6.45) is 6.14. The van der Waals surface area contributed by atoms with Gasteiger partial charge in [-0.05, 0) is 56.7 Å². The third kappa shape index (κ3) is 4.37. The lowest BCUT2D eigenvalue weighted by atomic mass is 9.79. The van der Waals surface area contributed by atoms with Crippen LogP contribution in [0.1, 0.15) is 32.3 Å². The number of carbonyl (C=O) groups is 2. The number of imide groups is 1. The molecule has 0 saturated carbocycles. The second-order valence-electron chi connectivity index (χ2n) is 7.21. The molecular weight excluding hydrogens is 344 g/mol. The van der Waals surface area contributed by atoms with E-state index in [1.54, 1.807) is 12.4 Å². The van der Waals surface area contributed by atoms with Crippen molar-refractivity contribution < 1.29 is 9.59 Å². The van der Waals surface area contributed by atoms with Crippen LogP contribution in [-0.2, 0) is 11.2 Å². The molecule has 146 valence electrons. The van der Waals surface area contributed by atoms with Crippen LogP contribution in [0, 0.1) is 5.92 Å². The van der Waals surface area contributed by atoms with E-state index in [2.05, 4.69) is 32.8 Å². The van der Waals surface area contributed by atoms with Gasteiger partial charge >= 0.3 is 6.03 Å². The summed E-state index contributed by atoms with van der Waals surface area (Å²) >= 11 is 0. The summed E-state index contributed by atoms with van der Waals surface area (Å²) in [5.74, 6) is 0.818. The summed E-state index contributed by atoms with van der Waals surface area (Å²) in [7, 11) is 0. The molecule has 3 amide bonds. The highest BCUT2D eigenvalue weighted by molar-refractivity contribution is 6.07. The van der Waals surface area contributed by atoms with Crippen LogP contribution in [-0.4, -0.2) is 59.5 Å². The quantitative estimate of drug-likeness (QED) is 0.405. The minimum Gasteiger partial charge on any atom is -0.357 e.